The van der Waals surface area contributed by atoms with E-state index < -0.39 is 0 Å². The summed E-state index contributed by atoms with van der Waals surface area (Å²) >= 11 is 0. The van der Waals surface area contributed by atoms with E-state index in [9.17, 15) is 9.59 Å². The summed E-state index contributed by atoms with van der Waals surface area (Å²) in [5.74, 6) is 0.175. The van der Waals surface area contributed by atoms with Gasteiger partial charge in [0.05, 0.1) is 17.8 Å². The molecule has 3 rings (SSSR count). The van der Waals surface area contributed by atoms with E-state index in [0.29, 0.717) is 25.9 Å². The number of rotatable bonds is 6. The molecule has 6 nitrogen and oxygen atoms in total. The Hall–Kier alpha value is -2.63. The Morgan fingerprint density at radius 2 is 1.93 bits per heavy atom. The molecule has 1 aromatic carbocycles. The summed E-state index contributed by atoms with van der Waals surface area (Å²) < 4.78 is 1.88. The number of nitrogens with one attached hydrogen (secondary N) is 1. The molecule has 0 atom stereocenters. The van der Waals surface area contributed by atoms with E-state index in [0.717, 1.165) is 48.4 Å². The number of benzene rings is 1. The predicted octanol–water partition coefficient (Wildman–Crippen LogP) is 2.55. The molecule has 0 spiro atoms. The van der Waals surface area contributed by atoms with Crippen molar-refractivity contribution in [1.29, 1.82) is 0 Å². The van der Waals surface area contributed by atoms with E-state index in [1.54, 1.807) is 0 Å². The van der Waals surface area contributed by atoms with Crippen LogP contribution >= 0.6 is 0 Å². The Labute approximate surface area is 160 Å². The predicted molar refractivity (Wildman–Crippen MR) is 105 cm³/mol. The van der Waals surface area contributed by atoms with E-state index in [1.165, 1.54) is 0 Å². The zero-order valence-corrected chi connectivity index (χ0v) is 16.2. The molecule has 1 aliphatic heterocycles. The van der Waals surface area contributed by atoms with Gasteiger partial charge in [0.2, 0.25) is 11.8 Å². The first kappa shape index (κ1) is 19.1. The molecule has 1 saturated heterocycles. The zero-order valence-electron chi connectivity index (χ0n) is 16.2. The fourth-order valence-corrected chi connectivity index (χ4v) is 3.58. The molecular weight excluding hydrogens is 340 g/mol. The third-order valence-electron chi connectivity index (χ3n) is 5.15. The van der Waals surface area contributed by atoms with E-state index >= 15 is 0 Å². The average molecular weight is 368 g/mol. The van der Waals surface area contributed by atoms with Crippen molar-refractivity contribution in [3.63, 3.8) is 0 Å². The summed E-state index contributed by atoms with van der Waals surface area (Å²) in [6.07, 6.45) is 4.07. The van der Waals surface area contributed by atoms with Gasteiger partial charge in [-0.05, 0) is 38.8 Å². The Balaban J connectivity index is 1.56. The van der Waals surface area contributed by atoms with Crippen molar-refractivity contribution in [3.05, 3.63) is 47.3 Å². The minimum atomic E-state index is -0.0314. The van der Waals surface area contributed by atoms with Crippen LogP contribution in [0, 0.1) is 13.8 Å². The van der Waals surface area contributed by atoms with E-state index in [-0.39, 0.29) is 11.8 Å². The first-order valence-electron chi connectivity index (χ1n) is 9.71. The Kier molecular flexibility index (Phi) is 6.27. The molecule has 2 amide bonds. The molecule has 144 valence electrons. The number of aryl methyl sites for hydroxylation is 1. The standard InChI is InChI=1S/C21H28N4O2/c1-16-19(17(2)25(23-16)18-9-5-3-6-10-18)15-20(26)22-12-14-24-13-8-4-7-11-21(24)27/h3,5-6,9-10H,4,7-8,11-15H2,1-2H3,(H,22,26). The molecule has 1 fully saturated rings. The van der Waals surface area contributed by atoms with Crippen LogP contribution < -0.4 is 5.32 Å². The summed E-state index contributed by atoms with van der Waals surface area (Å²) in [6.45, 7) is 5.81. The van der Waals surface area contributed by atoms with Gasteiger partial charge in [-0.3, -0.25) is 9.59 Å². The third kappa shape index (κ3) is 4.76. The van der Waals surface area contributed by atoms with Gasteiger partial charge in [0.25, 0.3) is 0 Å². The van der Waals surface area contributed by atoms with Crippen LogP contribution in [-0.4, -0.2) is 46.1 Å². The van der Waals surface area contributed by atoms with Crippen LogP contribution in [0.15, 0.2) is 30.3 Å². The fraction of sp³-hybridized carbons (Fsp3) is 0.476. The number of aromatic nitrogens is 2. The SMILES string of the molecule is Cc1nn(-c2ccccc2)c(C)c1CC(=O)NCCN1CCCCCC1=O. The van der Waals surface area contributed by atoms with Crippen LogP contribution in [0.2, 0.25) is 0 Å². The fourth-order valence-electron chi connectivity index (χ4n) is 3.58. The number of likely N-dealkylation sites (tertiary alicyclic amines) is 1. The smallest absolute Gasteiger partial charge is 0.224 e. The minimum Gasteiger partial charge on any atom is -0.354 e. The Bertz CT molecular complexity index is 798. The Morgan fingerprint density at radius 1 is 1.15 bits per heavy atom. The van der Waals surface area contributed by atoms with Crippen molar-refractivity contribution in [2.75, 3.05) is 19.6 Å². The quantitative estimate of drug-likeness (QED) is 0.852. The molecule has 0 saturated carbocycles. The van der Waals surface area contributed by atoms with Gasteiger partial charge in [0.1, 0.15) is 0 Å². The van der Waals surface area contributed by atoms with Gasteiger partial charge in [0, 0.05) is 37.3 Å². The molecule has 0 radical (unpaired) electrons. The van der Waals surface area contributed by atoms with Crippen LogP contribution in [0.4, 0.5) is 0 Å². The zero-order chi connectivity index (χ0) is 19.2. The van der Waals surface area contributed by atoms with Crippen molar-refractivity contribution in [2.45, 2.75) is 46.0 Å². The first-order valence-corrected chi connectivity index (χ1v) is 9.71. The largest absolute Gasteiger partial charge is 0.354 e. The van der Waals surface area contributed by atoms with Crippen LogP contribution in [0.25, 0.3) is 5.69 Å². The number of carbonyl (C=O) groups is 2. The summed E-state index contributed by atoms with van der Waals surface area (Å²) in [5.41, 5.74) is 3.80. The maximum absolute atomic E-state index is 12.4. The normalized spacial score (nSPS) is 14.9. The lowest BCUT2D eigenvalue weighted by atomic mass is 10.1. The summed E-state index contributed by atoms with van der Waals surface area (Å²) in [7, 11) is 0. The highest BCUT2D eigenvalue weighted by atomic mass is 16.2. The molecule has 0 bridgehead atoms. The molecule has 27 heavy (non-hydrogen) atoms. The number of amides is 2. The molecule has 2 heterocycles. The summed E-state index contributed by atoms with van der Waals surface area (Å²) in [4.78, 5) is 26.3. The van der Waals surface area contributed by atoms with Gasteiger partial charge in [-0.1, -0.05) is 24.6 Å². The van der Waals surface area contributed by atoms with E-state index in [4.69, 9.17) is 0 Å². The molecule has 0 aliphatic carbocycles. The topological polar surface area (TPSA) is 67.2 Å². The second-order valence-electron chi connectivity index (χ2n) is 7.11. The van der Waals surface area contributed by atoms with Gasteiger partial charge >= 0.3 is 0 Å². The molecule has 2 aromatic rings. The third-order valence-corrected chi connectivity index (χ3v) is 5.15. The van der Waals surface area contributed by atoms with Crippen molar-refractivity contribution >= 4 is 11.8 Å². The van der Waals surface area contributed by atoms with Crippen LogP contribution in [-0.2, 0) is 16.0 Å². The number of hydrogen-bond acceptors (Lipinski definition) is 3. The number of para-hydroxylation sites is 1. The maximum atomic E-state index is 12.4. The lowest BCUT2D eigenvalue weighted by molar-refractivity contribution is -0.131. The molecule has 1 aliphatic rings. The van der Waals surface area contributed by atoms with Crippen LogP contribution in [0.5, 0.6) is 0 Å². The van der Waals surface area contributed by atoms with E-state index in [2.05, 4.69) is 10.4 Å². The van der Waals surface area contributed by atoms with Gasteiger partial charge in [0.15, 0.2) is 0 Å². The highest BCUT2D eigenvalue weighted by molar-refractivity contribution is 5.79. The average Bonchev–Trinajstić information content (AvgIpc) is 2.82. The molecule has 0 unspecified atom stereocenters. The first-order chi connectivity index (χ1) is 13.1. The van der Waals surface area contributed by atoms with Gasteiger partial charge in [-0.25, -0.2) is 4.68 Å². The summed E-state index contributed by atoms with van der Waals surface area (Å²) in [6, 6.07) is 9.92. The molecule has 6 heteroatoms. The molecule has 1 aromatic heterocycles. The van der Waals surface area contributed by atoms with Gasteiger partial charge < -0.3 is 10.2 Å². The van der Waals surface area contributed by atoms with E-state index in [1.807, 2.05) is 53.8 Å². The second kappa shape index (κ2) is 8.84. The van der Waals surface area contributed by atoms with Gasteiger partial charge in [-0.2, -0.15) is 5.10 Å². The minimum absolute atomic E-state index is 0.0314. The Morgan fingerprint density at radius 3 is 2.70 bits per heavy atom. The van der Waals surface area contributed by atoms with Crippen molar-refractivity contribution in [1.82, 2.24) is 20.0 Å². The number of hydrogen-bond donors (Lipinski definition) is 1. The number of carbonyl (C=O) groups excluding carboxylic acids is 2. The summed E-state index contributed by atoms with van der Waals surface area (Å²) in [5, 5.41) is 7.54. The molecule has 1 N–H and O–H groups in total. The maximum Gasteiger partial charge on any atom is 0.224 e. The van der Waals surface area contributed by atoms with Crippen molar-refractivity contribution in [3.8, 4) is 5.69 Å². The lowest BCUT2D eigenvalue weighted by Gasteiger charge is -2.20. The second-order valence-corrected chi connectivity index (χ2v) is 7.11. The molecular formula is C21H28N4O2. The highest BCUT2D eigenvalue weighted by Crippen LogP contribution is 2.18. The number of nitrogens with zero attached hydrogens (tertiary/aromatic N) is 3. The highest BCUT2D eigenvalue weighted by Gasteiger charge is 2.18. The van der Waals surface area contributed by atoms with Crippen LogP contribution in [0.1, 0.15) is 42.6 Å². The van der Waals surface area contributed by atoms with Crippen LogP contribution in [0.3, 0.4) is 0 Å². The van der Waals surface area contributed by atoms with Gasteiger partial charge in [-0.15, -0.1) is 0 Å². The van der Waals surface area contributed by atoms with Crippen molar-refractivity contribution < 1.29 is 9.59 Å². The monoisotopic (exact) mass is 368 g/mol. The van der Waals surface area contributed by atoms with Crippen molar-refractivity contribution in [2.24, 2.45) is 0 Å². The lowest BCUT2D eigenvalue weighted by Crippen LogP contribution is -2.38.